The standard InChI is InChI=1S/C28H30Cl2N4O/c1-28(2,3)19-35-24-10-11-26(25(30)14-24)34-13-12-33(17-23-9-4-20(15-31)16-32-23)18-27(34)21-5-7-22(29)8-6-21/h4-11,14,16,27H,12-13,17-19H2,1-3H3/t27-/m0/s1. The number of nitrogens with zero attached hydrogens (tertiary/aromatic N) is 4. The monoisotopic (exact) mass is 508 g/mol. The Morgan fingerprint density at radius 2 is 1.83 bits per heavy atom. The first-order valence-corrected chi connectivity index (χ1v) is 12.5. The van der Waals surface area contributed by atoms with Crippen molar-refractivity contribution in [1.29, 1.82) is 5.26 Å². The molecular weight excluding hydrogens is 479 g/mol. The molecule has 0 spiro atoms. The lowest BCUT2D eigenvalue weighted by Crippen LogP contribution is -2.48. The molecule has 0 radical (unpaired) electrons. The zero-order valence-electron chi connectivity index (χ0n) is 20.3. The molecule has 0 N–H and O–H groups in total. The predicted molar refractivity (Wildman–Crippen MR) is 142 cm³/mol. The van der Waals surface area contributed by atoms with E-state index in [1.54, 1.807) is 6.20 Å². The average Bonchev–Trinajstić information content (AvgIpc) is 2.84. The maximum absolute atomic E-state index is 9.04. The van der Waals surface area contributed by atoms with Gasteiger partial charge < -0.3 is 9.64 Å². The fraction of sp³-hybridized carbons (Fsp3) is 0.357. The Balaban J connectivity index is 1.56. The first-order valence-electron chi connectivity index (χ1n) is 11.7. The van der Waals surface area contributed by atoms with Gasteiger partial charge in [0, 0.05) is 43.5 Å². The van der Waals surface area contributed by atoms with Gasteiger partial charge in [-0.05, 0) is 47.4 Å². The summed E-state index contributed by atoms with van der Waals surface area (Å²) in [4.78, 5) is 9.21. The van der Waals surface area contributed by atoms with Crippen LogP contribution in [0, 0.1) is 16.7 Å². The van der Waals surface area contributed by atoms with E-state index in [4.69, 9.17) is 33.2 Å². The molecule has 5 nitrogen and oxygen atoms in total. The number of ether oxygens (including phenoxy) is 1. The predicted octanol–water partition coefficient (Wildman–Crippen LogP) is 6.75. The van der Waals surface area contributed by atoms with Gasteiger partial charge >= 0.3 is 0 Å². The highest BCUT2D eigenvalue weighted by molar-refractivity contribution is 6.33. The molecular formula is C28H30Cl2N4O. The topological polar surface area (TPSA) is 52.4 Å². The Hall–Kier alpha value is -2.78. The molecule has 35 heavy (non-hydrogen) atoms. The van der Waals surface area contributed by atoms with Crippen molar-refractivity contribution in [2.45, 2.75) is 33.4 Å². The molecule has 1 aliphatic rings. The van der Waals surface area contributed by atoms with Crippen molar-refractivity contribution in [1.82, 2.24) is 9.88 Å². The second kappa shape index (κ2) is 10.9. The van der Waals surface area contributed by atoms with Crippen LogP contribution >= 0.6 is 23.2 Å². The van der Waals surface area contributed by atoms with Gasteiger partial charge in [-0.1, -0.05) is 56.1 Å². The van der Waals surface area contributed by atoms with Crippen LogP contribution in [0.2, 0.25) is 10.0 Å². The summed E-state index contributed by atoms with van der Waals surface area (Å²) in [6.45, 7) is 10.3. The van der Waals surface area contributed by atoms with E-state index in [0.29, 0.717) is 22.2 Å². The van der Waals surface area contributed by atoms with Crippen LogP contribution in [0.5, 0.6) is 5.75 Å². The summed E-state index contributed by atoms with van der Waals surface area (Å²) in [5.74, 6) is 0.780. The number of hydrogen-bond acceptors (Lipinski definition) is 5. The molecule has 2 heterocycles. The molecule has 1 fully saturated rings. The lowest BCUT2D eigenvalue weighted by molar-refractivity contribution is 0.198. The SMILES string of the molecule is CC(C)(C)COc1ccc(N2CCN(Cc3ccc(C#N)cn3)C[C@H]2c2ccc(Cl)cc2)c(Cl)c1. The summed E-state index contributed by atoms with van der Waals surface area (Å²) < 4.78 is 5.97. The molecule has 7 heteroatoms. The number of benzene rings is 2. The normalized spacial score (nSPS) is 16.7. The van der Waals surface area contributed by atoms with Crippen LogP contribution in [0.4, 0.5) is 5.69 Å². The minimum Gasteiger partial charge on any atom is -0.493 e. The maximum Gasteiger partial charge on any atom is 0.120 e. The number of piperazine rings is 1. The molecule has 0 unspecified atom stereocenters. The van der Waals surface area contributed by atoms with Gasteiger partial charge in [0.05, 0.1) is 34.6 Å². The quantitative estimate of drug-likeness (QED) is 0.368. The summed E-state index contributed by atoms with van der Waals surface area (Å²) >= 11 is 13.0. The van der Waals surface area contributed by atoms with E-state index in [9.17, 15) is 0 Å². The zero-order valence-corrected chi connectivity index (χ0v) is 21.9. The molecule has 182 valence electrons. The van der Waals surface area contributed by atoms with E-state index in [1.807, 2.05) is 36.4 Å². The third-order valence-corrected chi connectivity index (χ3v) is 6.51. The highest BCUT2D eigenvalue weighted by atomic mass is 35.5. The molecule has 3 aromatic rings. The summed E-state index contributed by atoms with van der Waals surface area (Å²) in [6, 6.07) is 20.0. The van der Waals surface area contributed by atoms with E-state index < -0.39 is 0 Å². The van der Waals surface area contributed by atoms with E-state index in [1.165, 1.54) is 5.56 Å². The molecule has 1 aliphatic heterocycles. The fourth-order valence-corrected chi connectivity index (χ4v) is 4.57. The Kier molecular flexibility index (Phi) is 7.86. The molecule has 0 bridgehead atoms. The van der Waals surface area contributed by atoms with Crippen LogP contribution in [-0.4, -0.2) is 36.1 Å². The summed E-state index contributed by atoms with van der Waals surface area (Å²) in [7, 11) is 0. The number of pyridine rings is 1. The lowest BCUT2D eigenvalue weighted by atomic mass is 9.99. The second-order valence-electron chi connectivity index (χ2n) is 10.1. The van der Waals surface area contributed by atoms with Crippen LogP contribution < -0.4 is 9.64 Å². The average molecular weight is 509 g/mol. The van der Waals surface area contributed by atoms with Crippen molar-refractivity contribution >= 4 is 28.9 Å². The van der Waals surface area contributed by atoms with Crippen LogP contribution in [0.3, 0.4) is 0 Å². The Morgan fingerprint density at radius 3 is 2.46 bits per heavy atom. The number of hydrogen-bond donors (Lipinski definition) is 0. The number of halogens is 2. The molecule has 1 saturated heterocycles. The van der Waals surface area contributed by atoms with Gasteiger partial charge in [-0.3, -0.25) is 9.88 Å². The Labute approximate surface area is 217 Å². The molecule has 4 rings (SSSR count). The van der Waals surface area contributed by atoms with Crippen LogP contribution in [0.25, 0.3) is 0 Å². The summed E-state index contributed by atoms with van der Waals surface area (Å²) in [5, 5.41) is 10.4. The minimum absolute atomic E-state index is 0.0743. The van der Waals surface area contributed by atoms with Crippen molar-refractivity contribution in [2.75, 3.05) is 31.1 Å². The van der Waals surface area contributed by atoms with Crippen molar-refractivity contribution in [3.63, 3.8) is 0 Å². The highest BCUT2D eigenvalue weighted by Crippen LogP contribution is 2.37. The smallest absolute Gasteiger partial charge is 0.120 e. The van der Waals surface area contributed by atoms with Gasteiger partial charge in [0.25, 0.3) is 0 Å². The molecule has 2 aromatic carbocycles. The minimum atomic E-state index is 0.0743. The second-order valence-corrected chi connectivity index (χ2v) is 11.0. The van der Waals surface area contributed by atoms with Gasteiger partial charge in [-0.15, -0.1) is 0 Å². The third-order valence-electron chi connectivity index (χ3n) is 5.96. The van der Waals surface area contributed by atoms with Gasteiger partial charge in [0.15, 0.2) is 0 Å². The maximum atomic E-state index is 9.04. The highest BCUT2D eigenvalue weighted by Gasteiger charge is 2.30. The number of anilines is 1. The zero-order chi connectivity index (χ0) is 25.0. The molecule has 1 aromatic heterocycles. The molecule has 0 amide bonds. The molecule has 1 atom stereocenters. The number of rotatable bonds is 6. The van der Waals surface area contributed by atoms with Crippen molar-refractivity contribution in [3.8, 4) is 11.8 Å². The molecule has 0 aliphatic carbocycles. The van der Waals surface area contributed by atoms with E-state index in [0.717, 1.165) is 43.3 Å². The number of aromatic nitrogens is 1. The summed E-state index contributed by atoms with van der Waals surface area (Å²) in [5.41, 5.74) is 3.76. The van der Waals surface area contributed by atoms with Crippen molar-refractivity contribution < 1.29 is 4.74 Å². The lowest BCUT2D eigenvalue weighted by Gasteiger charge is -2.43. The van der Waals surface area contributed by atoms with Gasteiger partial charge in [-0.25, -0.2) is 0 Å². The van der Waals surface area contributed by atoms with Gasteiger partial charge in [0.1, 0.15) is 11.8 Å². The van der Waals surface area contributed by atoms with Gasteiger partial charge in [0.2, 0.25) is 0 Å². The summed E-state index contributed by atoms with van der Waals surface area (Å²) in [6.07, 6.45) is 1.63. The van der Waals surface area contributed by atoms with E-state index >= 15 is 0 Å². The van der Waals surface area contributed by atoms with Crippen LogP contribution in [0.15, 0.2) is 60.8 Å². The van der Waals surface area contributed by atoms with Gasteiger partial charge in [-0.2, -0.15) is 5.26 Å². The first kappa shape index (κ1) is 25.3. The third kappa shape index (κ3) is 6.67. The van der Waals surface area contributed by atoms with Crippen molar-refractivity contribution in [2.24, 2.45) is 5.41 Å². The first-order chi connectivity index (χ1) is 16.7. The van der Waals surface area contributed by atoms with Crippen LogP contribution in [0.1, 0.15) is 43.6 Å². The van der Waals surface area contributed by atoms with E-state index in [-0.39, 0.29) is 11.5 Å². The molecule has 0 saturated carbocycles. The van der Waals surface area contributed by atoms with Crippen LogP contribution in [-0.2, 0) is 6.54 Å². The number of nitriles is 1. The Bertz CT molecular complexity index is 1180. The Morgan fingerprint density at radius 1 is 1.06 bits per heavy atom. The van der Waals surface area contributed by atoms with E-state index in [2.05, 4.69) is 59.8 Å². The largest absolute Gasteiger partial charge is 0.493 e. The van der Waals surface area contributed by atoms with Crippen molar-refractivity contribution in [3.05, 3.63) is 87.7 Å². The fourth-order valence-electron chi connectivity index (χ4n) is 4.17.